The molecule has 1 aromatic carbocycles. The number of hydrogen-bond donors (Lipinski definition) is 3. The third-order valence-electron chi connectivity index (χ3n) is 6.35. The summed E-state index contributed by atoms with van der Waals surface area (Å²) in [5, 5.41) is 34.1. The predicted molar refractivity (Wildman–Crippen MR) is 169 cm³/mol. The molecule has 0 radical (unpaired) electrons. The lowest BCUT2D eigenvalue weighted by atomic mass is 10.1. The number of aliphatic hydroxyl groups is 3. The first kappa shape index (κ1) is 36.2. The molecule has 0 saturated heterocycles. The van der Waals surface area contributed by atoms with Crippen LogP contribution >= 0.6 is 0 Å². The van der Waals surface area contributed by atoms with Gasteiger partial charge < -0.3 is 24.6 Å². The van der Waals surface area contributed by atoms with E-state index in [4.69, 9.17) is 14.3 Å². The van der Waals surface area contributed by atoms with E-state index in [0.717, 1.165) is 5.56 Å². The largest absolute Gasteiger partial charge is 0.369 e. The lowest BCUT2D eigenvalue weighted by molar-refractivity contribution is -0.0464. The van der Waals surface area contributed by atoms with Crippen molar-refractivity contribution >= 4 is 11.4 Å². The molecule has 1 aromatic heterocycles. The van der Waals surface area contributed by atoms with E-state index in [2.05, 4.69) is 11.7 Å². The van der Waals surface area contributed by atoms with Crippen molar-refractivity contribution in [1.29, 1.82) is 0 Å². The van der Waals surface area contributed by atoms with Gasteiger partial charge in [-0.2, -0.15) is 0 Å². The molecule has 10 heteroatoms. The Balaban J connectivity index is 0.00000330. The summed E-state index contributed by atoms with van der Waals surface area (Å²) in [5.41, 5.74) is 3.66. The highest BCUT2D eigenvalue weighted by Crippen LogP contribution is 2.25. The molecule has 1 aliphatic rings. The summed E-state index contributed by atoms with van der Waals surface area (Å²) in [6.07, 6.45) is 9.08. The minimum Gasteiger partial charge on any atom is -0.369 e. The van der Waals surface area contributed by atoms with Crippen LogP contribution in [0.25, 0.3) is 5.57 Å². The average Bonchev–Trinajstić information content (AvgIpc) is 3.49. The highest BCUT2D eigenvalue weighted by Gasteiger charge is 2.24. The molecule has 1 unspecified atom stereocenters. The van der Waals surface area contributed by atoms with Gasteiger partial charge >= 0.3 is 0 Å². The molecule has 3 N–H and O–H groups in total. The van der Waals surface area contributed by atoms with Crippen molar-refractivity contribution in [2.45, 2.75) is 79.1 Å². The van der Waals surface area contributed by atoms with Gasteiger partial charge in [-0.05, 0) is 80.7 Å². The van der Waals surface area contributed by atoms with Crippen molar-refractivity contribution in [3.05, 3.63) is 119 Å². The van der Waals surface area contributed by atoms with Crippen molar-refractivity contribution in [2.75, 3.05) is 0 Å². The van der Waals surface area contributed by atoms with Gasteiger partial charge in [0.1, 0.15) is 24.0 Å². The summed E-state index contributed by atoms with van der Waals surface area (Å²) in [4.78, 5) is 6.38. The maximum atomic E-state index is 13.1. The van der Waals surface area contributed by atoms with E-state index in [1.165, 1.54) is 30.4 Å². The Bertz CT molecular complexity index is 1370. The van der Waals surface area contributed by atoms with E-state index in [0.29, 0.717) is 65.4 Å². The van der Waals surface area contributed by atoms with Crippen LogP contribution in [0.1, 0.15) is 70.4 Å². The maximum absolute atomic E-state index is 13.1. The molecule has 0 bridgehead atoms. The Kier molecular flexibility index (Phi) is 15.9. The van der Waals surface area contributed by atoms with Crippen LogP contribution in [0, 0.1) is 5.82 Å². The van der Waals surface area contributed by atoms with Crippen molar-refractivity contribution < 1.29 is 33.4 Å². The van der Waals surface area contributed by atoms with E-state index in [-0.39, 0.29) is 25.5 Å². The third-order valence-corrected chi connectivity index (χ3v) is 6.35. The van der Waals surface area contributed by atoms with Gasteiger partial charge in [-0.25, -0.2) is 13.8 Å². The SMILES string of the molecule is C=C/C(=C\C=C\F)N1C(CCCCC(O)O)=N/C(C)=C/C(c2cc(COCc3ccc(F)cc3)on2)=C\C=C(/C)C1O.CC. The molecule has 0 spiro atoms. The Labute approximate surface area is 258 Å². The third kappa shape index (κ3) is 11.6. The molecule has 1 aliphatic heterocycles. The lowest BCUT2D eigenvalue weighted by Gasteiger charge is -2.33. The van der Waals surface area contributed by atoms with E-state index in [1.807, 2.05) is 19.9 Å². The summed E-state index contributed by atoms with van der Waals surface area (Å²) in [7, 11) is 0. The summed E-state index contributed by atoms with van der Waals surface area (Å²) in [6.45, 7) is 11.8. The molecule has 2 heterocycles. The fourth-order valence-corrected chi connectivity index (χ4v) is 4.20. The summed E-state index contributed by atoms with van der Waals surface area (Å²) in [5.74, 6) is 0.682. The number of hydrogen-bond acceptors (Lipinski definition) is 8. The second-order valence-corrected chi connectivity index (χ2v) is 9.73. The van der Waals surface area contributed by atoms with Crippen LogP contribution in [-0.4, -0.2) is 43.7 Å². The molecular formula is C34H43F2N3O5. The Morgan fingerprint density at radius 1 is 1.14 bits per heavy atom. The monoisotopic (exact) mass is 611 g/mol. The molecule has 0 fully saturated rings. The highest BCUT2D eigenvalue weighted by molar-refractivity contribution is 5.86. The minimum atomic E-state index is -1.41. The minimum absolute atomic E-state index is 0.164. The quantitative estimate of drug-likeness (QED) is 0.124. The first-order valence-electron chi connectivity index (χ1n) is 14.6. The van der Waals surface area contributed by atoms with E-state index < -0.39 is 12.5 Å². The van der Waals surface area contributed by atoms with Crippen LogP contribution in [0.2, 0.25) is 0 Å². The number of halogens is 2. The first-order chi connectivity index (χ1) is 21.2. The maximum Gasteiger partial charge on any atom is 0.163 e. The number of rotatable bonds is 13. The van der Waals surface area contributed by atoms with E-state index in [1.54, 1.807) is 49.1 Å². The normalized spacial score (nSPS) is 19.7. The topological polar surface area (TPSA) is 112 Å². The van der Waals surface area contributed by atoms with Gasteiger partial charge in [0.2, 0.25) is 0 Å². The molecule has 2 aromatic rings. The Morgan fingerprint density at radius 3 is 2.52 bits per heavy atom. The first-order valence-corrected chi connectivity index (χ1v) is 14.6. The van der Waals surface area contributed by atoms with Gasteiger partial charge in [0.05, 0.1) is 12.9 Å². The zero-order chi connectivity index (χ0) is 32.5. The van der Waals surface area contributed by atoms with Crippen LogP contribution in [0.4, 0.5) is 8.78 Å². The van der Waals surface area contributed by atoms with Crippen LogP contribution in [0.5, 0.6) is 0 Å². The summed E-state index contributed by atoms with van der Waals surface area (Å²) in [6, 6.07) is 7.81. The zero-order valence-electron chi connectivity index (χ0n) is 25.8. The number of ether oxygens (including phenoxy) is 1. The summed E-state index contributed by atoms with van der Waals surface area (Å²) < 4.78 is 37.2. The van der Waals surface area contributed by atoms with Crippen molar-refractivity contribution in [3.8, 4) is 0 Å². The zero-order valence-corrected chi connectivity index (χ0v) is 25.8. The number of aliphatic imine (C=N–C) groups is 1. The Morgan fingerprint density at radius 2 is 1.86 bits per heavy atom. The van der Waals surface area contributed by atoms with Crippen LogP contribution < -0.4 is 0 Å². The van der Waals surface area contributed by atoms with Crippen LogP contribution in [0.15, 0.2) is 106 Å². The number of amidine groups is 1. The number of aromatic nitrogens is 1. The second-order valence-electron chi connectivity index (χ2n) is 9.73. The van der Waals surface area contributed by atoms with E-state index >= 15 is 0 Å². The van der Waals surface area contributed by atoms with Crippen LogP contribution in [-0.2, 0) is 18.0 Å². The predicted octanol–water partition coefficient (Wildman–Crippen LogP) is 7.25. The van der Waals surface area contributed by atoms with Crippen molar-refractivity contribution in [3.63, 3.8) is 0 Å². The number of nitrogens with zero attached hydrogens (tertiary/aromatic N) is 3. The average molecular weight is 612 g/mol. The molecule has 0 amide bonds. The fraction of sp³-hybridized carbons (Fsp3) is 0.353. The molecule has 3 rings (SSSR count). The molecule has 0 saturated carbocycles. The molecule has 8 nitrogen and oxygen atoms in total. The fourth-order valence-electron chi connectivity index (χ4n) is 4.20. The molecular weight excluding hydrogens is 568 g/mol. The van der Waals surface area contributed by atoms with Crippen molar-refractivity contribution in [2.24, 2.45) is 4.99 Å². The van der Waals surface area contributed by atoms with Gasteiger partial charge in [0.15, 0.2) is 18.3 Å². The smallest absolute Gasteiger partial charge is 0.163 e. The van der Waals surface area contributed by atoms with Gasteiger partial charge in [-0.15, -0.1) is 0 Å². The number of benzene rings is 1. The lowest BCUT2D eigenvalue weighted by Crippen LogP contribution is -2.40. The Hall–Kier alpha value is -3.96. The van der Waals surface area contributed by atoms with Gasteiger partial charge in [0, 0.05) is 29.5 Å². The summed E-state index contributed by atoms with van der Waals surface area (Å²) >= 11 is 0. The van der Waals surface area contributed by atoms with Gasteiger partial charge in [-0.3, -0.25) is 4.90 Å². The molecule has 44 heavy (non-hydrogen) atoms. The van der Waals surface area contributed by atoms with E-state index in [9.17, 15) is 24.1 Å². The van der Waals surface area contributed by atoms with Gasteiger partial charge in [-0.1, -0.05) is 49.9 Å². The number of aliphatic hydroxyl groups excluding tert-OH is 2. The molecule has 1 atom stereocenters. The molecule has 238 valence electrons. The van der Waals surface area contributed by atoms with Crippen molar-refractivity contribution in [1.82, 2.24) is 10.1 Å². The standard InChI is InChI=1S/C32H37F2N3O5.C2H6/c1-4-27(8-7-17-33)37-30(9-5-6-10-31(38)39)35-23(3)18-25(14-11-22(2)32(37)40)29-19-28(42-36-29)21-41-20-24-12-15-26(34)16-13-24;1-2/h4,7-8,11-19,31-32,38-40H,1,5-6,9-10,20-21H2,2-3H3;1-2H3/b17-7+,22-11+,23-18+,25-14+,27-8+,35-30?;. The number of unbranched alkanes of at least 4 members (excludes halogenated alkanes) is 1. The van der Waals surface area contributed by atoms with Gasteiger partial charge in [0.25, 0.3) is 0 Å². The molecule has 0 aliphatic carbocycles. The second kappa shape index (κ2) is 19.3. The number of allylic oxidation sites excluding steroid dienone is 8. The highest BCUT2D eigenvalue weighted by atomic mass is 19.1. The van der Waals surface area contributed by atoms with Crippen LogP contribution in [0.3, 0.4) is 0 Å².